The number of hydrogen-bond donors (Lipinski definition) is 1. The minimum Gasteiger partial charge on any atom is -0.287 e. The van der Waals surface area contributed by atoms with E-state index in [0.29, 0.717) is 6.07 Å². The Morgan fingerprint density at radius 1 is 1.19 bits per heavy atom. The molecule has 2 aromatic carbocycles. The van der Waals surface area contributed by atoms with E-state index < -0.39 is 44.3 Å². The van der Waals surface area contributed by atoms with E-state index in [1.165, 1.54) is 22.9 Å². The largest absolute Gasteiger partial charge is 0.419 e. The van der Waals surface area contributed by atoms with Gasteiger partial charge in [-0.3, -0.25) is 9.48 Å². The summed E-state index contributed by atoms with van der Waals surface area (Å²) >= 11 is 5.99. The number of benzene rings is 2. The number of hydrogen-bond acceptors (Lipinski definition) is 4. The molecule has 6 nitrogen and oxygen atoms in total. The lowest BCUT2D eigenvalue weighted by molar-refractivity contribution is -0.139. The fourth-order valence-electron chi connectivity index (χ4n) is 3.10. The number of alkyl halides is 3. The number of rotatable bonds is 6. The second kappa shape index (κ2) is 8.56. The molecular weight excluding hydrogens is 462 g/mol. The van der Waals surface area contributed by atoms with Gasteiger partial charge in [0.05, 0.1) is 11.8 Å². The number of nitrogens with zero attached hydrogens (tertiary/aromatic N) is 2. The molecule has 0 unspecified atom stereocenters. The van der Waals surface area contributed by atoms with E-state index in [4.69, 9.17) is 11.6 Å². The van der Waals surface area contributed by atoms with Crippen molar-refractivity contribution in [2.24, 2.45) is 0 Å². The maximum Gasteiger partial charge on any atom is 0.419 e. The van der Waals surface area contributed by atoms with Crippen molar-refractivity contribution in [2.45, 2.75) is 19.1 Å². The van der Waals surface area contributed by atoms with Crippen LogP contribution in [0.4, 0.5) is 17.6 Å². The fourth-order valence-corrected chi connectivity index (χ4v) is 3.78. The molecule has 0 aliphatic heterocycles. The highest BCUT2D eigenvalue weighted by atomic mass is 35.5. The van der Waals surface area contributed by atoms with Crippen LogP contribution in [0.5, 0.6) is 0 Å². The Morgan fingerprint density at radius 3 is 2.55 bits per heavy atom. The summed E-state index contributed by atoms with van der Waals surface area (Å²) in [6.45, 7) is 0.0983. The van der Waals surface area contributed by atoms with Crippen LogP contribution in [0.1, 0.15) is 12.0 Å². The van der Waals surface area contributed by atoms with Gasteiger partial charge < -0.3 is 0 Å². The summed E-state index contributed by atoms with van der Waals surface area (Å²) in [5, 5.41) is 4.38. The van der Waals surface area contributed by atoms with Crippen LogP contribution in [0.25, 0.3) is 22.2 Å². The van der Waals surface area contributed by atoms with E-state index in [2.05, 4.69) is 9.82 Å². The molecule has 0 bridgehead atoms. The number of halogens is 5. The highest BCUT2D eigenvalue weighted by Crippen LogP contribution is 2.37. The summed E-state index contributed by atoms with van der Waals surface area (Å²) in [7, 11) is -3.43. The zero-order valence-corrected chi connectivity index (χ0v) is 17.6. The molecule has 0 saturated carbocycles. The van der Waals surface area contributed by atoms with Crippen molar-refractivity contribution in [1.82, 2.24) is 14.5 Å². The molecule has 3 rings (SSSR count). The van der Waals surface area contributed by atoms with Gasteiger partial charge in [-0.25, -0.2) is 17.5 Å². The monoisotopic (exact) mass is 477 g/mol. The molecule has 0 amide bonds. The molecule has 0 fully saturated rings. The third-order valence-electron chi connectivity index (χ3n) is 4.38. The molecular formula is C19H16ClF4N3O3S. The first kappa shape index (κ1) is 23.2. The van der Waals surface area contributed by atoms with Crippen LogP contribution >= 0.6 is 11.6 Å². The molecule has 0 aliphatic rings. The summed E-state index contributed by atoms with van der Waals surface area (Å²) in [5.74, 6) is -1.52. The van der Waals surface area contributed by atoms with E-state index in [1.54, 1.807) is 0 Å². The lowest BCUT2D eigenvalue weighted by Crippen LogP contribution is -2.25. The van der Waals surface area contributed by atoms with Crippen LogP contribution in [0.3, 0.4) is 0 Å². The van der Waals surface area contributed by atoms with Crippen LogP contribution in [-0.4, -0.2) is 31.0 Å². The molecule has 31 heavy (non-hydrogen) atoms. The zero-order chi connectivity index (χ0) is 23.0. The Morgan fingerprint density at radius 2 is 1.90 bits per heavy atom. The first-order valence-corrected chi connectivity index (χ1v) is 11.2. The van der Waals surface area contributed by atoms with Crippen molar-refractivity contribution in [3.05, 3.63) is 63.0 Å². The second-order valence-corrected chi connectivity index (χ2v) is 9.01. The van der Waals surface area contributed by atoms with Gasteiger partial charge in [-0.1, -0.05) is 23.7 Å². The van der Waals surface area contributed by atoms with Crippen molar-refractivity contribution in [3.63, 3.8) is 0 Å². The van der Waals surface area contributed by atoms with E-state index in [9.17, 15) is 30.8 Å². The smallest absolute Gasteiger partial charge is 0.287 e. The molecule has 0 aliphatic carbocycles. The second-order valence-electron chi connectivity index (χ2n) is 6.74. The topological polar surface area (TPSA) is 81.1 Å². The van der Waals surface area contributed by atoms with Gasteiger partial charge in [0, 0.05) is 29.1 Å². The van der Waals surface area contributed by atoms with Crippen molar-refractivity contribution in [2.75, 3.05) is 12.8 Å². The zero-order valence-electron chi connectivity index (χ0n) is 16.0. The average Bonchev–Trinajstić information content (AvgIpc) is 2.64. The average molecular weight is 478 g/mol. The molecule has 1 N–H and O–H groups in total. The number of nitrogens with one attached hydrogen (secondary N) is 1. The Hall–Kier alpha value is -2.50. The Bertz CT molecular complexity index is 1310. The SMILES string of the molecule is CS(=O)(=O)NCCCn1nc(-c2cccc(F)c2C(F)(F)F)c(=O)c2ccc(Cl)cc21. The molecule has 0 saturated heterocycles. The minimum absolute atomic E-state index is 0.0395. The van der Waals surface area contributed by atoms with Crippen molar-refractivity contribution >= 4 is 32.5 Å². The summed E-state index contributed by atoms with van der Waals surface area (Å²) in [4.78, 5) is 12.9. The summed E-state index contributed by atoms with van der Waals surface area (Å²) in [6, 6.07) is 6.88. The van der Waals surface area contributed by atoms with Crippen molar-refractivity contribution in [1.29, 1.82) is 0 Å². The standard InChI is InChI=1S/C19H16ClF4N3O3S/c1-31(29,30)25-8-3-9-27-15-10-11(20)6-7-12(15)18(28)17(26-27)13-4-2-5-14(21)16(13)19(22,23)24/h2,4-7,10,25H,3,8-9H2,1H3. The maximum absolute atomic E-state index is 14.1. The third kappa shape index (κ3) is 5.23. The van der Waals surface area contributed by atoms with Crippen molar-refractivity contribution in [3.8, 4) is 11.3 Å². The summed E-state index contributed by atoms with van der Waals surface area (Å²) in [5.41, 5.74) is -3.40. The van der Waals surface area contributed by atoms with E-state index in [0.717, 1.165) is 18.4 Å². The van der Waals surface area contributed by atoms with Gasteiger partial charge >= 0.3 is 6.18 Å². The highest BCUT2D eigenvalue weighted by Gasteiger charge is 2.38. The van der Waals surface area contributed by atoms with Gasteiger partial charge in [-0.2, -0.15) is 18.3 Å². The quantitative estimate of drug-likeness (QED) is 0.432. The highest BCUT2D eigenvalue weighted by molar-refractivity contribution is 7.88. The maximum atomic E-state index is 14.1. The number of aryl methyl sites for hydroxylation is 1. The lowest BCUT2D eigenvalue weighted by Gasteiger charge is -2.16. The Kier molecular flexibility index (Phi) is 6.40. The fraction of sp³-hybridized carbons (Fsp3) is 0.263. The van der Waals surface area contributed by atoms with Crippen LogP contribution in [0.2, 0.25) is 5.02 Å². The number of sulfonamides is 1. The van der Waals surface area contributed by atoms with Gasteiger partial charge in [-0.05, 0) is 30.7 Å². The van der Waals surface area contributed by atoms with E-state index in [-0.39, 0.29) is 35.4 Å². The number of aromatic nitrogens is 2. The predicted molar refractivity (Wildman–Crippen MR) is 109 cm³/mol. The molecule has 0 atom stereocenters. The first-order chi connectivity index (χ1) is 14.4. The Balaban J connectivity index is 2.19. The molecule has 0 radical (unpaired) electrons. The molecule has 166 valence electrons. The van der Waals surface area contributed by atoms with Gasteiger partial charge in [0.15, 0.2) is 0 Å². The minimum atomic E-state index is -5.05. The van der Waals surface area contributed by atoms with Gasteiger partial charge in [0.1, 0.15) is 17.1 Å². The lowest BCUT2D eigenvalue weighted by atomic mass is 10.0. The van der Waals surface area contributed by atoms with E-state index >= 15 is 0 Å². The normalized spacial score (nSPS) is 12.5. The van der Waals surface area contributed by atoms with Crippen LogP contribution < -0.4 is 10.2 Å². The molecule has 12 heteroatoms. The molecule has 1 heterocycles. The summed E-state index contributed by atoms with van der Waals surface area (Å²) < 4.78 is 80.5. The van der Waals surface area contributed by atoms with Crippen LogP contribution in [0.15, 0.2) is 41.2 Å². The molecule has 1 aromatic heterocycles. The molecule has 0 spiro atoms. The Labute approximate surface area is 179 Å². The van der Waals surface area contributed by atoms with Crippen LogP contribution in [-0.2, 0) is 22.7 Å². The van der Waals surface area contributed by atoms with Gasteiger partial charge in [0.25, 0.3) is 0 Å². The number of fused-ring (bicyclic) bond motifs is 1. The first-order valence-electron chi connectivity index (χ1n) is 8.89. The van der Waals surface area contributed by atoms with Crippen LogP contribution in [0, 0.1) is 5.82 Å². The molecule has 3 aromatic rings. The van der Waals surface area contributed by atoms with E-state index in [1.807, 2.05) is 0 Å². The predicted octanol–water partition coefficient (Wildman–Crippen LogP) is 3.81. The van der Waals surface area contributed by atoms with Gasteiger partial charge in [-0.15, -0.1) is 0 Å². The van der Waals surface area contributed by atoms with Gasteiger partial charge in [0.2, 0.25) is 15.5 Å². The third-order valence-corrected chi connectivity index (χ3v) is 5.35. The van der Waals surface area contributed by atoms with Crippen molar-refractivity contribution < 1.29 is 26.0 Å². The summed E-state index contributed by atoms with van der Waals surface area (Å²) in [6.07, 6.45) is -3.84.